The standard InChI is InChI=1S/C20H18F2N6O3/c1-27-25-17(24-26-27)7-13-9-30-16-6-12(21)3-4-14(16)28(13)8-11-2-5-15-20(19(11)22)23-18(29)10-31-15/h2-6,13H,7-10H2,1H3,(H,23,29). The molecule has 0 bridgehead atoms. The van der Waals surface area contributed by atoms with E-state index in [0.29, 0.717) is 29.2 Å². The number of nitrogens with one attached hydrogen (secondary N) is 1. The molecule has 2 aliphatic rings. The van der Waals surface area contributed by atoms with Gasteiger partial charge in [-0.2, -0.15) is 4.80 Å². The molecule has 0 fully saturated rings. The highest BCUT2D eigenvalue weighted by Crippen LogP contribution is 2.38. The van der Waals surface area contributed by atoms with E-state index in [-0.39, 0.29) is 37.2 Å². The highest BCUT2D eigenvalue weighted by molar-refractivity contribution is 5.95. The van der Waals surface area contributed by atoms with Crippen molar-refractivity contribution in [3.63, 3.8) is 0 Å². The fourth-order valence-corrected chi connectivity index (χ4v) is 3.78. The lowest BCUT2D eigenvalue weighted by Crippen LogP contribution is -2.44. The Balaban J connectivity index is 1.50. The molecular weight excluding hydrogens is 410 g/mol. The van der Waals surface area contributed by atoms with Gasteiger partial charge in [-0.1, -0.05) is 6.07 Å². The third kappa shape index (κ3) is 3.62. The molecule has 1 N–H and O–H groups in total. The van der Waals surface area contributed by atoms with Crippen LogP contribution in [0.3, 0.4) is 0 Å². The SMILES string of the molecule is Cn1nnc(CC2COc3cc(F)ccc3N2Cc2ccc3c(c2F)NC(=O)CO3)n1. The van der Waals surface area contributed by atoms with E-state index in [4.69, 9.17) is 9.47 Å². The molecule has 1 unspecified atom stereocenters. The normalized spacial score (nSPS) is 17.3. The van der Waals surface area contributed by atoms with E-state index in [1.807, 2.05) is 4.90 Å². The summed E-state index contributed by atoms with van der Waals surface area (Å²) >= 11 is 0. The van der Waals surface area contributed by atoms with Crippen molar-refractivity contribution in [3.05, 3.63) is 53.4 Å². The largest absolute Gasteiger partial charge is 0.489 e. The van der Waals surface area contributed by atoms with Gasteiger partial charge >= 0.3 is 0 Å². The molecule has 9 nitrogen and oxygen atoms in total. The molecule has 1 aromatic heterocycles. The van der Waals surface area contributed by atoms with Crippen LogP contribution in [0.2, 0.25) is 0 Å². The number of tetrazole rings is 1. The first kappa shape index (κ1) is 19.2. The van der Waals surface area contributed by atoms with Gasteiger partial charge in [-0.05, 0) is 23.4 Å². The average Bonchev–Trinajstić information content (AvgIpc) is 3.16. The summed E-state index contributed by atoms with van der Waals surface area (Å²) in [4.78, 5) is 14.9. The summed E-state index contributed by atoms with van der Waals surface area (Å²) in [5, 5.41) is 14.6. The number of carbonyl (C=O) groups is 1. The molecular formula is C20H18F2N6O3. The van der Waals surface area contributed by atoms with Crippen LogP contribution in [0.5, 0.6) is 11.5 Å². The molecule has 11 heteroatoms. The number of hydrogen-bond donors (Lipinski definition) is 1. The molecule has 1 amide bonds. The van der Waals surface area contributed by atoms with Crippen molar-refractivity contribution in [1.82, 2.24) is 20.2 Å². The lowest BCUT2D eigenvalue weighted by atomic mass is 10.0. The summed E-state index contributed by atoms with van der Waals surface area (Å²) < 4.78 is 40.0. The van der Waals surface area contributed by atoms with Crippen molar-refractivity contribution >= 4 is 17.3 Å². The fraction of sp³-hybridized carbons (Fsp3) is 0.300. The van der Waals surface area contributed by atoms with E-state index in [2.05, 4.69) is 20.7 Å². The Hall–Kier alpha value is -3.76. The summed E-state index contributed by atoms with van der Waals surface area (Å²) in [7, 11) is 1.67. The molecule has 5 rings (SSSR count). The summed E-state index contributed by atoms with van der Waals surface area (Å²) in [5.41, 5.74) is 0.992. The Kier molecular flexibility index (Phi) is 4.64. The van der Waals surface area contributed by atoms with Crippen LogP contribution in [0.4, 0.5) is 20.2 Å². The van der Waals surface area contributed by atoms with Crippen molar-refractivity contribution in [2.45, 2.75) is 19.0 Å². The molecule has 0 saturated heterocycles. The molecule has 2 aliphatic heterocycles. The maximum atomic E-state index is 15.2. The van der Waals surface area contributed by atoms with Crippen LogP contribution in [-0.4, -0.2) is 45.4 Å². The predicted octanol–water partition coefficient (Wildman–Crippen LogP) is 1.83. The fourth-order valence-electron chi connectivity index (χ4n) is 3.78. The number of aryl methyl sites for hydroxylation is 1. The second kappa shape index (κ2) is 7.49. The minimum absolute atomic E-state index is 0.0217. The van der Waals surface area contributed by atoms with Gasteiger partial charge < -0.3 is 19.7 Å². The van der Waals surface area contributed by atoms with Crippen LogP contribution in [0, 0.1) is 11.6 Å². The number of halogens is 2. The van der Waals surface area contributed by atoms with E-state index in [1.54, 1.807) is 25.2 Å². The van der Waals surface area contributed by atoms with Gasteiger partial charge in [0.1, 0.15) is 29.6 Å². The Morgan fingerprint density at radius 2 is 2.06 bits per heavy atom. The van der Waals surface area contributed by atoms with Gasteiger partial charge in [-0.15, -0.1) is 10.2 Å². The van der Waals surface area contributed by atoms with E-state index in [9.17, 15) is 9.18 Å². The number of benzene rings is 2. The minimum atomic E-state index is -0.572. The quantitative estimate of drug-likeness (QED) is 0.678. The van der Waals surface area contributed by atoms with E-state index in [0.717, 1.165) is 0 Å². The Morgan fingerprint density at radius 3 is 2.87 bits per heavy atom. The maximum absolute atomic E-state index is 15.2. The Morgan fingerprint density at radius 1 is 1.19 bits per heavy atom. The number of aromatic nitrogens is 4. The average molecular weight is 428 g/mol. The van der Waals surface area contributed by atoms with Gasteiger partial charge in [-0.3, -0.25) is 4.79 Å². The van der Waals surface area contributed by atoms with E-state index >= 15 is 4.39 Å². The minimum Gasteiger partial charge on any atom is -0.489 e. The lowest BCUT2D eigenvalue weighted by molar-refractivity contribution is -0.118. The molecule has 31 heavy (non-hydrogen) atoms. The second-order valence-corrected chi connectivity index (χ2v) is 7.35. The topological polar surface area (TPSA) is 94.4 Å². The maximum Gasteiger partial charge on any atom is 0.262 e. The van der Waals surface area contributed by atoms with E-state index in [1.165, 1.54) is 16.9 Å². The molecule has 1 atom stereocenters. The summed E-state index contributed by atoms with van der Waals surface area (Å²) in [5.74, 6) is -0.241. The number of amides is 1. The van der Waals surface area contributed by atoms with Gasteiger partial charge in [0.2, 0.25) is 0 Å². The number of rotatable bonds is 4. The smallest absolute Gasteiger partial charge is 0.262 e. The third-order valence-corrected chi connectivity index (χ3v) is 5.22. The third-order valence-electron chi connectivity index (χ3n) is 5.22. The van der Waals surface area contributed by atoms with Crippen molar-refractivity contribution in [1.29, 1.82) is 0 Å². The molecule has 0 saturated carbocycles. The summed E-state index contributed by atoms with van der Waals surface area (Å²) in [6.45, 7) is 0.240. The number of carbonyl (C=O) groups excluding carboxylic acids is 1. The second-order valence-electron chi connectivity index (χ2n) is 7.35. The van der Waals surface area contributed by atoms with Crippen LogP contribution in [0.25, 0.3) is 0 Å². The lowest BCUT2D eigenvalue weighted by Gasteiger charge is -2.38. The molecule has 0 radical (unpaired) electrons. The highest BCUT2D eigenvalue weighted by atomic mass is 19.1. The van der Waals surface area contributed by atoms with Crippen LogP contribution >= 0.6 is 0 Å². The van der Waals surface area contributed by atoms with Gasteiger partial charge in [0.25, 0.3) is 5.91 Å². The van der Waals surface area contributed by atoms with Crippen LogP contribution in [0.15, 0.2) is 30.3 Å². The Bertz CT molecular complexity index is 1170. The van der Waals surface area contributed by atoms with Crippen molar-refractivity contribution < 1.29 is 23.0 Å². The number of anilines is 2. The molecule has 3 heterocycles. The molecule has 160 valence electrons. The molecule has 0 spiro atoms. The Labute approximate surface area is 175 Å². The number of ether oxygens (including phenoxy) is 2. The first-order valence-corrected chi connectivity index (χ1v) is 9.64. The summed E-state index contributed by atoms with van der Waals surface area (Å²) in [6, 6.07) is 7.22. The van der Waals surface area contributed by atoms with Gasteiger partial charge in [0, 0.05) is 24.6 Å². The monoisotopic (exact) mass is 428 g/mol. The van der Waals surface area contributed by atoms with Crippen LogP contribution in [0.1, 0.15) is 11.4 Å². The van der Waals surface area contributed by atoms with Crippen LogP contribution in [-0.2, 0) is 24.8 Å². The number of nitrogens with zero attached hydrogens (tertiary/aromatic N) is 5. The zero-order valence-electron chi connectivity index (χ0n) is 16.5. The predicted molar refractivity (Wildman–Crippen MR) is 105 cm³/mol. The van der Waals surface area contributed by atoms with Gasteiger partial charge in [-0.25, -0.2) is 8.78 Å². The molecule has 3 aromatic rings. The zero-order chi connectivity index (χ0) is 21.5. The highest BCUT2D eigenvalue weighted by Gasteiger charge is 2.31. The first-order valence-electron chi connectivity index (χ1n) is 9.64. The van der Waals surface area contributed by atoms with Crippen molar-refractivity contribution in [2.75, 3.05) is 23.4 Å². The van der Waals surface area contributed by atoms with Crippen molar-refractivity contribution in [2.24, 2.45) is 7.05 Å². The van der Waals surface area contributed by atoms with Gasteiger partial charge in [0.05, 0.1) is 18.8 Å². The number of fused-ring (bicyclic) bond motifs is 2. The summed E-state index contributed by atoms with van der Waals surface area (Å²) in [6.07, 6.45) is 0.400. The zero-order valence-corrected chi connectivity index (χ0v) is 16.5. The number of hydrogen-bond acceptors (Lipinski definition) is 7. The first-order chi connectivity index (χ1) is 15.0. The van der Waals surface area contributed by atoms with Gasteiger partial charge in [0.15, 0.2) is 18.2 Å². The van der Waals surface area contributed by atoms with E-state index < -0.39 is 17.5 Å². The van der Waals surface area contributed by atoms with Crippen LogP contribution < -0.4 is 19.7 Å². The molecule has 2 aromatic carbocycles. The van der Waals surface area contributed by atoms with Crippen molar-refractivity contribution in [3.8, 4) is 11.5 Å². The molecule has 0 aliphatic carbocycles.